The predicted octanol–water partition coefficient (Wildman–Crippen LogP) is 1.78. The van der Waals surface area contributed by atoms with E-state index in [-0.39, 0.29) is 10.3 Å². The summed E-state index contributed by atoms with van der Waals surface area (Å²) in [6.45, 7) is 6.04. The smallest absolute Gasteiger partial charge is 0.151 e. The monoisotopic (exact) mass is 327 g/mol. The second-order valence-corrected chi connectivity index (χ2v) is 6.27. The third kappa shape index (κ3) is 15.9. The van der Waals surface area contributed by atoms with Crippen molar-refractivity contribution in [1.29, 1.82) is 10.8 Å². The van der Waals surface area contributed by atoms with Crippen molar-refractivity contribution >= 4 is 63.0 Å². The molecule has 0 atom stereocenters. The zero-order valence-corrected chi connectivity index (χ0v) is 13.9. The van der Waals surface area contributed by atoms with Gasteiger partial charge in [-0.25, -0.2) is 0 Å². The molecule has 6 N–H and O–H groups in total. The minimum atomic E-state index is 0.115. The van der Waals surface area contributed by atoms with Crippen LogP contribution in [0, 0.1) is 10.8 Å². The Morgan fingerprint density at radius 2 is 1.44 bits per heavy atom. The first-order chi connectivity index (χ1) is 8.34. The summed E-state index contributed by atoms with van der Waals surface area (Å²) in [6, 6.07) is 0. The number of rotatable bonds is 5. The van der Waals surface area contributed by atoms with Gasteiger partial charge >= 0.3 is 0 Å². The average molecular weight is 328 g/mol. The van der Waals surface area contributed by atoms with Crippen LogP contribution in [-0.2, 0) is 0 Å². The Hall–Kier alpha value is -0.120. The fourth-order valence-corrected chi connectivity index (χ4v) is 2.44. The van der Waals surface area contributed by atoms with Gasteiger partial charge in [-0.1, -0.05) is 35.7 Å². The maximum absolute atomic E-state index is 6.83. The van der Waals surface area contributed by atoms with Gasteiger partial charge in [-0.15, -0.1) is 12.6 Å². The zero-order chi connectivity index (χ0) is 14.6. The predicted molar refractivity (Wildman–Crippen MR) is 93.2 cm³/mol. The second-order valence-electron chi connectivity index (χ2n) is 2.88. The van der Waals surface area contributed by atoms with Crippen LogP contribution in [0.1, 0.15) is 13.8 Å². The van der Waals surface area contributed by atoms with Crippen molar-refractivity contribution in [3.05, 3.63) is 0 Å². The Kier molecular flexibility index (Phi) is 14.9. The van der Waals surface area contributed by atoms with Gasteiger partial charge < -0.3 is 16.4 Å². The molecule has 0 bridgehead atoms. The van der Waals surface area contributed by atoms with Crippen LogP contribution in [0.4, 0.5) is 0 Å². The lowest BCUT2D eigenvalue weighted by Crippen LogP contribution is -2.24. The number of hydrogen-bond acceptors (Lipinski definition) is 5. The standard InChI is InChI=1S/C5H11NS2.C4H10N4S2/c1-3-6(4-2)5(7)8;5-3(6)9-1-2-10-4(7)8/h3-4H2,1-2H3,(H,7,8);1-2H2,(H3,5,6)(H3,7,8). The first kappa shape index (κ1) is 20.2. The van der Waals surface area contributed by atoms with Crippen LogP contribution in [0.15, 0.2) is 0 Å². The molecule has 0 rings (SSSR count). The van der Waals surface area contributed by atoms with E-state index in [4.69, 9.17) is 34.5 Å². The van der Waals surface area contributed by atoms with E-state index < -0.39 is 0 Å². The van der Waals surface area contributed by atoms with Crippen LogP contribution >= 0.6 is 48.4 Å². The van der Waals surface area contributed by atoms with Crippen molar-refractivity contribution in [2.75, 3.05) is 24.6 Å². The molecule has 0 unspecified atom stereocenters. The molecule has 0 aromatic heterocycles. The van der Waals surface area contributed by atoms with Gasteiger partial charge in [0.15, 0.2) is 10.3 Å². The maximum atomic E-state index is 6.83. The van der Waals surface area contributed by atoms with Crippen molar-refractivity contribution in [2.24, 2.45) is 11.5 Å². The number of amidine groups is 2. The maximum Gasteiger partial charge on any atom is 0.151 e. The molecule has 9 heteroatoms. The quantitative estimate of drug-likeness (QED) is 0.173. The van der Waals surface area contributed by atoms with Gasteiger partial charge in [0.25, 0.3) is 0 Å². The SMILES string of the molecule is CCN(CC)C(=S)S.N=C(N)SCCSC(=N)N. The summed E-state index contributed by atoms with van der Waals surface area (Å²) in [5, 5.41) is 13.9. The van der Waals surface area contributed by atoms with E-state index in [1.54, 1.807) is 0 Å². The fraction of sp³-hybridized carbons (Fsp3) is 0.667. The number of hydrogen-bond donors (Lipinski definition) is 5. The van der Waals surface area contributed by atoms with Gasteiger partial charge in [0.2, 0.25) is 0 Å². The van der Waals surface area contributed by atoms with E-state index in [2.05, 4.69) is 26.5 Å². The average Bonchev–Trinajstić information content (AvgIpc) is 2.26. The van der Waals surface area contributed by atoms with Crippen molar-refractivity contribution in [2.45, 2.75) is 13.8 Å². The van der Waals surface area contributed by atoms with Gasteiger partial charge in [-0.2, -0.15) is 0 Å². The van der Waals surface area contributed by atoms with Gasteiger partial charge in [0, 0.05) is 24.6 Å². The van der Waals surface area contributed by atoms with Crippen LogP contribution in [0.2, 0.25) is 0 Å². The number of nitrogens with two attached hydrogens (primary N) is 2. The molecule has 5 nitrogen and oxygen atoms in total. The summed E-state index contributed by atoms with van der Waals surface area (Å²) >= 11 is 11.3. The Morgan fingerprint density at radius 3 is 1.56 bits per heavy atom. The molecule has 0 aliphatic carbocycles. The van der Waals surface area contributed by atoms with E-state index >= 15 is 0 Å². The van der Waals surface area contributed by atoms with E-state index in [9.17, 15) is 0 Å². The number of nitrogens with zero attached hydrogens (tertiary/aromatic N) is 1. The topological polar surface area (TPSA) is 103 Å². The summed E-state index contributed by atoms with van der Waals surface area (Å²) in [5.41, 5.74) is 10.1. The lowest BCUT2D eigenvalue weighted by atomic mass is 10.6. The summed E-state index contributed by atoms with van der Waals surface area (Å²) in [5.74, 6) is 1.47. The highest BCUT2D eigenvalue weighted by atomic mass is 32.2. The Labute approximate surface area is 128 Å². The van der Waals surface area contributed by atoms with Crippen LogP contribution in [0.25, 0.3) is 0 Å². The molecule has 0 aromatic carbocycles. The van der Waals surface area contributed by atoms with E-state index in [0.29, 0.717) is 4.32 Å². The fourth-order valence-electron chi connectivity index (χ4n) is 0.797. The van der Waals surface area contributed by atoms with Crippen molar-refractivity contribution in [3.8, 4) is 0 Å². The molecule has 0 saturated heterocycles. The summed E-state index contributed by atoms with van der Waals surface area (Å²) in [4.78, 5) is 2.01. The van der Waals surface area contributed by atoms with Crippen LogP contribution < -0.4 is 11.5 Å². The van der Waals surface area contributed by atoms with Crippen molar-refractivity contribution < 1.29 is 0 Å². The normalized spacial score (nSPS) is 9.06. The minimum Gasteiger partial charge on any atom is -0.379 e. The van der Waals surface area contributed by atoms with Gasteiger partial charge in [-0.05, 0) is 13.8 Å². The Balaban J connectivity index is 0. The number of nitrogens with one attached hydrogen (secondary N) is 2. The number of thiol groups is 1. The molecule has 0 spiro atoms. The van der Waals surface area contributed by atoms with Gasteiger partial charge in [0.1, 0.15) is 4.32 Å². The molecule has 0 aliphatic heterocycles. The summed E-state index contributed by atoms with van der Waals surface area (Å²) in [6.07, 6.45) is 0. The molecule has 0 radical (unpaired) electrons. The minimum absolute atomic E-state index is 0.115. The van der Waals surface area contributed by atoms with E-state index in [0.717, 1.165) is 24.6 Å². The molecular weight excluding hydrogens is 306 g/mol. The highest BCUT2D eigenvalue weighted by Gasteiger charge is 1.96. The number of thioether (sulfide) groups is 2. The van der Waals surface area contributed by atoms with Crippen molar-refractivity contribution in [1.82, 2.24) is 4.90 Å². The first-order valence-electron chi connectivity index (χ1n) is 5.26. The van der Waals surface area contributed by atoms with Crippen LogP contribution in [0.5, 0.6) is 0 Å². The summed E-state index contributed by atoms with van der Waals surface area (Å²) in [7, 11) is 0. The van der Waals surface area contributed by atoms with E-state index in [1.807, 2.05) is 4.90 Å². The highest BCUT2D eigenvalue weighted by molar-refractivity contribution is 8.16. The molecular formula is C9H21N5S4. The second kappa shape index (κ2) is 13.3. The largest absolute Gasteiger partial charge is 0.379 e. The van der Waals surface area contributed by atoms with Gasteiger partial charge in [0.05, 0.1) is 0 Å². The highest BCUT2D eigenvalue weighted by Crippen LogP contribution is 2.04. The van der Waals surface area contributed by atoms with Gasteiger partial charge in [-0.3, -0.25) is 10.8 Å². The van der Waals surface area contributed by atoms with Crippen LogP contribution in [0.3, 0.4) is 0 Å². The first-order valence-corrected chi connectivity index (χ1v) is 8.09. The molecule has 0 heterocycles. The Bertz CT molecular complexity index is 252. The molecule has 0 fully saturated rings. The molecule has 0 saturated carbocycles. The Morgan fingerprint density at radius 1 is 1.11 bits per heavy atom. The lowest BCUT2D eigenvalue weighted by molar-refractivity contribution is 0.482. The lowest BCUT2D eigenvalue weighted by Gasteiger charge is -2.16. The third-order valence-corrected chi connectivity index (χ3v) is 3.87. The third-order valence-electron chi connectivity index (χ3n) is 1.63. The molecule has 0 aromatic rings. The van der Waals surface area contributed by atoms with E-state index in [1.165, 1.54) is 23.5 Å². The van der Waals surface area contributed by atoms with Crippen molar-refractivity contribution in [3.63, 3.8) is 0 Å². The molecule has 0 amide bonds. The molecule has 0 aliphatic rings. The molecule has 18 heavy (non-hydrogen) atoms. The van der Waals surface area contributed by atoms with Crippen LogP contribution in [-0.4, -0.2) is 44.2 Å². The summed E-state index contributed by atoms with van der Waals surface area (Å²) < 4.78 is 0.690. The number of thiocarbonyl (C=S) groups is 1. The zero-order valence-electron chi connectivity index (χ0n) is 10.6. The molecule has 106 valence electrons.